The lowest BCUT2D eigenvalue weighted by molar-refractivity contribution is -0.275. The van der Waals surface area contributed by atoms with E-state index in [0.717, 1.165) is 24.3 Å². The average molecular weight is 581 g/mol. The number of alkyl halides is 9. The highest BCUT2D eigenvalue weighted by Gasteiger charge is 2.50. The van der Waals surface area contributed by atoms with Crippen molar-refractivity contribution >= 4 is 0 Å². The van der Waals surface area contributed by atoms with E-state index in [-0.39, 0.29) is 17.5 Å². The zero-order valence-electron chi connectivity index (χ0n) is 20.8. The Kier molecular flexibility index (Phi) is 8.99. The molecule has 13 heteroatoms. The molecule has 3 aromatic carbocycles. The molecule has 0 fully saturated rings. The van der Waals surface area contributed by atoms with Crippen LogP contribution in [0.15, 0.2) is 78.9 Å². The smallest absolute Gasteiger partial charge is 0.406 e. The summed E-state index contributed by atoms with van der Waals surface area (Å²) in [6.45, 7) is -0.932. The van der Waals surface area contributed by atoms with E-state index >= 15 is 0 Å². The molecule has 1 unspecified atom stereocenters. The summed E-state index contributed by atoms with van der Waals surface area (Å²) in [5, 5.41) is 12.5. The molecule has 0 saturated carbocycles. The van der Waals surface area contributed by atoms with E-state index in [2.05, 4.69) is 14.8 Å². The Labute approximate surface area is 223 Å². The van der Waals surface area contributed by atoms with E-state index in [1.165, 1.54) is 24.3 Å². The van der Waals surface area contributed by atoms with Crippen LogP contribution in [0.2, 0.25) is 0 Å². The van der Waals surface area contributed by atoms with Gasteiger partial charge in [0.1, 0.15) is 11.5 Å². The molecule has 3 rings (SSSR count). The van der Waals surface area contributed by atoms with Gasteiger partial charge in [-0.2, -0.15) is 13.2 Å². The quantitative estimate of drug-likeness (QED) is 0.256. The van der Waals surface area contributed by atoms with Crippen molar-refractivity contribution < 1.29 is 54.1 Å². The molecule has 0 spiro atoms. The van der Waals surface area contributed by atoms with Gasteiger partial charge in [-0.1, -0.05) is 54.6 Å². The predicted molar refractivity (Wildman–Crippen MR) is 127 cm³/mol. The van der Waals surface area contributed by atoms with E-state index < -0.39 is 54.5 Å². The van der Waals surface area contributed by atoms with Gasteiger partial charge in [0.2, 0.25) is 0 Å². The van der Waals surface area contributed by atoms with Crippen molar-refractivity contribution in [2.45, 2.75) is 43.3 Å². The zero-order chi connectivity index (χ0) is 29.8. The van der Waals surface area contributed by atoms with Crippen LogP contribution >= 0.6 is 0 Å². The van der Waals surface area contributed by atoms with Crippen molar-refractivity contribution in [3.05, 3.63) is 95.6 Å². The van der Waals surface area contributed by atoms with Crippen LogP contribution < -0.4 is 14.8 Å². The van der Waals surface area contributed by atoms with Crippen molar-refractivity contribution in [3.8, 4) is 11.5 Å². The third-order valence-corrected chi connectivity index (χ3v) is 6.10. The summed E-state index contributed by atoms with van der Waals surface area (Å²) < 4.78 is 126. The molecule has 40 heavy (non-hydrogen) atoms. The minimum Gasteiger partial charge on any atom is -0.406 e. The van der Waals surface area contributed by atoms with Gasteiger partial charge in [0.05, 0.1) is 0 Å². The van der Waals surface area contributed by atoms with Gasteiger partial charge < -0.3 is 19.9 Å². The number of aliphatic hydroxyl groups is 1. The maximum atomic E-state index is 13.3. The molecule has 0 aliphatic carbocycles. The van der Waals surface area contributed by atoms with Gasteiger partial charge in [0, 0.05) is 18.5 Å². The number of nitrogens with one attached hydrogen (secondary N) is 1. The standard InChI is InChI=1S/C27H24F9NO3/c1-23(38,25(28,29)30)16-37-17-24(15-18-7-3-2-4-8-18,19-9-5-11-21(13-19)39-26(31,32)33)20-10-6-12-22(14-20)40-27(34,35)36/h2-14,37-38H,15-17H2,1H3. The van der Waals surface area contributed by atoms with Gasteiger partial charge >= 0.3 is 18.9 Å². The molecule has 0 heterocycles. The van der Waals surface area contributed by atoms with Crippen molar-refractivity contribution in [1.29, 1.82) is 0 Å². The molecular formula is C27H24F9NO3. The van der Waals surface area contributed by atoms with Gasteiger partial charge in [-0.25, -0.2) is 0 Å². The van der Waals surface area contributed by atoms with Crippen LogP contribution in [0.3, 0.4) is 0 Å². The molecule has 0 bridgehead atoms. The van der Waals surface area contributed by atoms with Crippen molar-refractivity contribution in [3.63, 3.8) is 0 Å². The van der Waals surface area contributed by atoms with Gasteiger partial charge in [-0.15, -0.1) is 26.3 Å². The minimum atomic E-state index is -5.06. The second kappa shape index (κ2) is 11.6. The highest BCUT2D eigenvalue weighted by Crippen LogP contribution is 2.40. The Bertz CT molecular complexity index is 1200. The molecule has 1 atom stereocenters. The van der Waals surface area contributed by atoms with E-state index in [1.54, 1.807) is 30.3 Å². The van der Waals surface area contributed by atoms with Gasteiger partial charge in [-0.05, 0) is 54.3 Å². The second-order valence-corrected chi connectivity index (χ2v) is 9.27. The molecule has 0 radical (unpaired) electrons. The second-order valence-electron chi connectivity index (χ2n) is 9.27. The molecule has 0 aromatic heterocycles. The topological polar surface area (TPSA) is 50.7 Å². The minimum absolute atomic E-state index is 0.0834. The first kappa shape index (κ1) is 31.1. The average Bonchev–Trinajstić information content (AvgIpc) is 2.81. The fourth-order valence-electron chi connectivity index (χ4n) is 4.18. The van der Waals surface area contributed by atoms with Crippen LogP contribution in [0.4, 0.5) is 39.5 Å². The van der Waals surface area contributed by atoms with Crippen LogP contribution in [0.1, 0.15) is 23.6 Å². The van der Waals surface area contributed by atoms with Crippen LogP contribution in [0.25, 0.3) is 0 Å². The third kappa shape index (κ3) is 8.28. The first-order valence-corrected chi connectivity index (χ1v) is 11.7. The first-order valence-electron chi connectivity index (χ1n) is 11.7. The maximum Gasteiger partial charge on any atom is 0.573 e. The summed E-state index contributed by atoms with van der Waals surface area (Å²) in [4.78, 5) is 0. The van der Waals surface area contributed by atoms with Gasteiger partial charge in [0.25, 0.3) is 0 Å². The monoisotopic (exact) mass is 581 g/mol. The summed E-state index contributed by atoms with van der Waals surface area (Å²) in [5.41, 5.74) is -4.02. The Hall–Kier alpha value is -3.45. The van der Waals surface area contributed by atoms with Crippen molar-refractivity contribution in [1.82, 2.24) is 5.32 Å². The molecule has 0 aliphatic heterocycles. The predicted octanol–water partition coefficient (Wildman–Crippen LogP) is 6.92. The molecule has 4 nitrogen and oxygen atoms in total. The molecule has 218 valence electrons. The zero-order valence-corrected chi connectivity index (χ0v) is 20.8. The molecule has 2 N–H and O–H groups in total. The third-order valence-electron chi connectivity index (χ3n) is 6.10. The highest BCUT2D eigenvalue weighted by atomic mass is 19.4. The number of benzene rings is 3. The largest absolute Gasteiger partial charge is 0.573 e. The van der Waals surface area contributed by atoms with E-state index in [4.69, 9.17) is 0 Å². The summed E-state index contributed by atoms with van der Waals surface area (Å²) >= 11 is 0. The van der Waals surface area contributed by atoms with Crippen molar-refractivity contribution in [2.24, 2.45) is 0 Å². The SMILES string of the molecule is CC(O)(CNCC(Cc1ccccc1)(c1cccc(OC(F)(F)F)c1)c1cccc(OC(F)(F)F)c1)C(F)(F)F. The Morgan fingerprint density at radius 1 is 0.650 bits per heavy atom. The number of halogens is 9. The van der Waals surface area contributed by atoms with Crippen molar-refractivity contribution in [2.75, 3.05) is 13.1 Å². The summed E-state index contributed by atoms with van der Waals surface area (Å²) in [6.07, 6.45) is -15.2. The fraction of sp³-hybridized carbons (Fsp3) is 0.333. The Morgan fingerprint density at radius 3 is 1.55 bits per heavy atom. The summed E-state index contributed by atoms with van der Waals surface area (Å²) in [6, 6.07) is 17.5. The maximum absolute atomic E-state index is 13.3. The van der Waals surface area contributed by atoms with E-state index in [0.29, 0.717) is 12.5 Å². The number of hydrogen-bond acceptors (Lipinski definition) is 4. The van der Waals surface area contributed by atoms with Crippen LogP contribution in [-0.2, 0) is 11.8 Å². The lowest BCUT2D eigenvalue weighted by Crippen LogP contribution is -2.52. The fourth-order valence-corrected chi connectivity index (χ4v) is 4.18. The van der Waals surface area contributed by atoms with Gasteiger partial charge in [0.15, 0.2) is 5.60 Å². The highest BCUT2D eigenvalue weighted by molar-refractivity contribution is 5.47. The summed E-state index contributed by atoms with van der Waals surface area (Å²) in [5.74, 6) is -1.29. The summed E-state index contributed by atoms with van der Waals surface area (Å²) in [7, 11) is 0. The van der Waals surface area contributed by atoms with Crippen LogP contribution in [0.5, 0.6) is 11.5 Å². The Morgan fingerprint density at radius 2 is 1.12 bits per heavy atom. The lowest BCUT2D eigenvalue weighted by atomic mass is 9.70. The number of hydrogen-bond donors (Lipinski definition) is 2. The van der Waals surface area contributed by atoms with Gasteiger partial charge in [-0.3, -0.25) is 0 Å². The molecule has 0 amide bonds. The normalized spacial score (nSPS) is 14.5. The molecule has 3 aromatic rings. The molecular weight excluding hydrogens is 557 g/mol. The molecule has 0 aliphatic rings. The van der Waals surface area contributed by atoms with E-state index in [1.807, 2.05) is 0 Å². The van der Waals surface area contributed by atoms with E-state index in [9.17, 15) is 44.6 Å². The number of ether oxygens (including phenoxy) is 2. The molecule has 0 saturated heterocycles. The van der Waals surface area contributed by atoms with Crippen LogP contribution in [-0.4, -0.2) is 42.7 Å². The van der Waals surface area contributed by atoms with Crippen LogP contribution in [0, 0.1) is 0 Å². The first-order chi connectivity index (χ1) is 18.4. The lowest BCUT2D eigenvalue weighted by Gasteiger charge is -2.37. The Balaban J connectivity index is 2.20. The number of rotatable bonds is 10.